The van der Waals surface area contributed by atoms with Gasteiger partial charge in [0, 0.05) is 29.7 Å². The second-order valence-corrected chi connectivity index (χ2v) is 8.22. The first-order valence-corrected chi connectivity index (χ1v) is 10.5. The Balaban J connectivity index is 1.37. The standard InChI is InChI=1S/C22H29NO2S/c1-18-3-2-4-19(15-18)9-11-23-12-10-20(16-23)17-25-21-5-7-22(8-6-21)26-14-13-24/h2-8,15,20,24H,9-14,16-17H2,1H3. The van der Waals surface area contributed by atoms with E-state index < -0.39 is 0 Å². The highest BCUT2D eigenvalue weighted by atomic mass is 32.2. The average Bonchev–Trinajstić information content (AvgIpc) is 3.12. The molecule has 1 saturated heterocycles. The maximum Gasteiger partial charge on any atom is 0.119 e. The Morgan fingerprint density at radius 2 is 2.04 bits per heavy atom. The molecule has 0 amide bonds. The number of benzene rings is 2. The molecule has 2 aromatic rings. The molecule has 1 N–H and O–H groups in total. The van der Waals surface area contributed by atoms with Gasteiger partial charge in [0.1, 0.15) is 5.75 Å². The quantitative estimate of drug-likeness (QED) is 0.675. The lowest BCUT2D eigenvalue weighted by atomic mass is 10.1. The summed E-state index contributed by atoms with van der Waals surface area (Å²) >= 11 is 1.67. The van der Waals surface area contributed by atoms with Gasteiger partial charge in [-0.3, -0.25) is 0 Å². The minimum absolute atomic E-state index is 0.213. The largest absolute Gasteiger partial charge is 0.493 e. The van der Waals surface area contributed by atoms with Crippen molar-refractivity contribution in [3.63, 3.8) is 0 Å². The van der Waals surface area contributed by atoms with Crippen molar-refractivity contribution in [2.45, 2.75) is 24.7 Å². The van der Waals surface area contributed by atoms with Crippen LogP contribution in [0.2, 0.25) is 0 Å². The summed E-state index contributed by atoms with van der Waals surface area (Å²) in [4.78, 5) is 3.74. The number of hydrogen-bond acceptors (Lipinski definition) is 4. The molecule has 2 aromatic carbocycles. The molecule has 3 nitrogen and oxygen atoms in total. The van der Waals surface area contributed by atoms with Gasteiger partial charge >= 0.3 is 0 Å². The van der Waals surface area contributed by atoms with Crippen LogP contribution in [-0.4, -0.2) is 48.6 Å². The number of aryl methyl sites for hydroxylation is 1. The van der Waals surface area contributed by atoms with Crippen LogP contribution < -0.4 is 4.74 Å². The minimum Gasteiger partial charge on any atom is -0.493 e. The molecule has 0 aliphatic carbocycles. The average molecular weight is 372 g/mol. The van der Waals surface area contributed by atoms with Crippen LogP contribution in [0.1, 0.15) is 17.5 Å². The summed E-state index contributed by atoms with van der Waals surface area (Å²) < 4.78 is 5.99. The molecule has 0 radical (unpaired) electrons. The van der Waals surface area contributed by atoms with E-state index in [1.165, 1.54) is 29.0 Å². The zero-order chi connectivity index (χ0) is 18.2. The molecule has 26 heavy (non-hydrogen) atoms. The van der Waals surface area contributed by atoms with Crippen LogP contribution in [0, 0.1) is 12.8 Å². The molecule has 0 aromatic heterocycles. The Bertz CT molecular complexity index is 674. The normalized spacial score (nSPS) is 17.5. The minimum atomic E-state index is 0.213. The van der Waals surface area contributed by atoms with Crippen LogP contribution in [-0.2, 0) is 6.42 Å². The molecule has 1 aliphatic heterocycles. The van der Waals surface area contributed by atoms with Gasteiger partial charge in [-0.05, 0) is 56.1 Å². The maximum absolute atomic E-state index is 8.87. The van der Waals surface area contributed by atoms with E-state index in [9.17, 15) is 0 Å². The summed E-state index contributed by atoms with van der Waals surface area (Å²) in [5.41, 5.74) is 2.78. The van der Waals surface area contributed by atoms with E-state index in [0.717, 1.165) is 37.6 Å². The van der Waals surface area contributed by atoms with Crippen molar-refractivity contribution in [1.82, 2.24) is 4.90 Å². The summed E-state index contributed by atoms with van der Waals surface area (Å²) in [6.45, 7) is 6.61. The van der Waals surface area contributed by atoms with Gasteiger partial charge in [-0.1, -0.05) is 29.8 Å². The van der Waals surface area contributed by atoms with Crippen LogP contribution in [0.4, 0.5) is 0 Å². The van der Waals surface area contributed by atoms with Crippen LogP contribution >= 0.6 is 11.8 Å². The summed E-state index contributed by atoms with van der Waals surface area (Å²) in [6, 6.07) is 17.0. The highest BCUT2D eigenvalue weighted by Gasteiger charge is 2.22. The fourth-order valence-corrected chi connectivity index (χ4v) is 4.07. The summed E-state index contributed by atoms with van der Waals surface area (Å²) in [7, 11) is 0. The molecule has 140 valence electrons. The Labute approximate surface area is 161 Å². The third-order valence-corrected chi connectivity index (χ3v) is 5.83. The van der Waals surface area contributed by atoms with Gasteiger partial charge in [-0.15, -0.1) is 11.8 Å². The molecular weight excluding hydrogens is 342 g/mol. The SMILES string of the molecule is Cc1cccc(CCN2CCC(COc3ccc(SCCO)cc3)C2)c1. The Morgan fingerprint density at radius 1 is 1.19 bits per heavy atom. The Kier molecular flexibility index (Phi) is 7.42. The molecule has 1 fully saturated rings. The molecule has 3 rings (SSSR count). The number of aliphatic hydroxyl groups excluding tert-OH is 1. The summed E-state index contributed by atoms with van der Waals surface area (Å²) in [6.07, 6.45) is 2.35. The van der Waals surface area contributed by atoms with Crippen molar-refractivity contribution in [2.75, 3.05) is 38.6 Å². The maximum atomic E-state index is 8.87. The van der Waals surface area contributed by atoms with Crippen molar-refractivity contribution >= 4 is 11.8 Å². The van der Waals surface area contributed by atoms with Gasteiger partial charge < -0.3 is 14.7 Å². The van der Waals surface area contributed by atoms with Crippen molar-refractivity contribution < 1.29 is 9.84 Å². The predicted octanol–water partition coefficient (Wildman–Crippen LogP) is 4.02. The van der Waals surface area contributed by atoms with E-state index in [0.29, 0.717) is 5.92 Å². The van der Waals surface area contributed by atoms with Crippen LogP contribution in [0.15, 0.2) is 53.4 Å². The van der Waals surface area contributed by atoms with Gasteiger partial charge in [0.25, 0.3) is 0 Å². The van der Waals surface area contributed by atoms with Crippen LogP contribution in [0.5, 0.6) is 5.75 Å². The first-order valence-electron chi connectivity index (χ1n) is 9.47. The van der Waals surface area contributed by atoms with Gasteiger partial charge in [-0.2, -0.15) is 0 Å². The topological polar surface area (TPSA) is 32.7 Å². The number of aliphatic hydroxyl groups is 1. The Morgan fingerprint density at radius 3 is 2.81 bits per heavy atom. The number of hydrogen-bond donors (Lipinski definition) is 1. The lowest BCUT2D eigenvalue weighted by molar-refractivity contribution is 0.241. The van der Waals surface area contributed by atoms with Gasteiger partial charge in [0.05, 0.1) is 13.2 Å². The van der Waals surface area contributed by atoms with Gasteiger partial charge in [0.2, 0.25) is 0 Å². The van der Waals surface area contributed by atoms with E-state index in [1.807, 2.05) is 12.1 Å². The number of likely N-dealkylation sites (tertiary alicyclic amines) is 1. The second-order valence-electron chi connectivity index (χ2n) is 7.05. The third-order valence-electron chi connectivity index (χ3n) is 4.84. The Hall–Kier alpha value is -1.49. The predicted molar refractivity (Wildman–Crippen MR) is 109 cm³/mol. The van der Waals surface area contributed by atoms with Crippen molar-refractivity contribution in [3.8, 4) is 5.75 Å². The molecule has 0 spiro atoms. The fourth-order valence-electron chi connectivity index (χ4n) is 3.42. The highest BCUT2D eigenvalue weighted by molar-refractivity contribution is 7.99. The van der Waals surface area contributed by atoms with Crippen LogP contribution in [0.25, 0.3) is 0 Å². The zero-order valence-corrected chi connectivity index (χ0v) is 16.4. The van der Waals surface area contributed by atoms with E-state index in [-0.39, 0.29) is 6.61 Å². The van der Waals surface area contributed by atoms with E-state index in [4.69, 9.17) is 9.84 Å². The van der Waals surface area contributed by atoms with Gasteiger partial charge in [0.15, 0.2) is 0 Å². The lowest BCUT2D eigenvalue weighted by Gasteiger charge is -2.16. The summed E-state index contributed by atoms with van der Waals surface area (Å²) in [5.74, 6) is 2.30. The van der Waals surface area contributed by atoms with Gasteiger partial charge in [-0.25, -0.2) is 0 Å². The number of nitrogens with zero attached hydrogens (tertiary/aromatic N) is 1. The monoisotopic (exact) mass is 371 g/mol. The zero-order valence-electron chi connectivity index (χ0n) is 15.6. The number of rotatable bonds is 9. The second kappa shape index (κ2) is 10.0. The molecule has 1 unspecified atom stereocenters. The highest BCUT2D eigenvalue weighted by Crippen LogP contribution is 2.23. The summed E-state index contributed by atoms with van der Waals surface area (Å²) in [5, 5.41) is 8.87. The van der Waals surface area contributed by atoms with E-state index in [2.05, 4.69) is 48.2 Å². The molecule has 1 heterocycles. The van der Waals surface area contributed by atoms with Crippen LogP contribution in [0.3, 0.4) is 0 Å². The van der Waals surface area contributed by atoms with E-state index >= 15 is 0 Å². The van der Waals surface area contributed by atoms with Crippen molar-refractivity contribution in [2.24, 2.45) is 5.92 Å². The number of thioether (sulfide) groups is 1. The lowest BCUT2D eigenvalue weighted by Crippen LogP contribution is -2.24. The number of ether oxygens (including phenoxy) is 1. The molecule has 1 atom stereocenters. The van der Waals surface area contributed by atoms with E-state index in [1.54, 1.807) is 11.8 Å². The van der Waals surface area contributed by atoms with Crippen molar-refractivity contribution in [1.29, 1.82) is 0 Å². The first kappa shape index (κ1) is 19.3. The van der Waals surface area contributed by atoms with Crippen molar-refractivity contribution in [3.05, 3.63) is 59.7 Å². The molecular formula is C22H29NO2S. The smallest absolute Gasteiger partial charge is 0.119 e. The first-order chi connectivity index (χ1) is 12.7. The fraction of sp³-hybridized carbons (Fsp3) is 0.455. The molecule has 0 saturated carbocycles. The third kappa shape index (κ3) is 6.04. The molecule has 1 aliphatic rings. The molecule has 0 bridgehead atoms. The molecule has 4 heteroatoms.